The Labute approximate surface area is 109 Å². The number of aromatic amines is 1. The molecule has 0 aliphatic rings. The van der Waals surface area contributed by atoms with Crippen LogP contribution in [0, 0.1) is 6.92 Å². The van der Waals surface area contributed by atoms with E-state index in [1.165, 1.54) is 5.56 Å². The summed E-state index contributed by atoms with van der Waals surface area (Å²) < 4.78 is 1.59. The molecule has 0 aliphatic carbocycles. The number of hydrogen-bond donors (Lipinski definition) is 2. The molecule has 0 saturated heterocycles. The van der Waals surface area contributed by atoms with E-state index in [9.17, 15) is 4.79 Å². The van der Waals surface area contributed by atoms with Crippen LogP contribution in [-0.2, 0) is 7.05 Å². The number of aryl methyl sites for hydroxylation is 2. The van der Waals surface area contributed by atoms with E-state index >= 15 is 0 Å². The first-order valence-corrected chi connectivity index (χ1v) is 5.91. The molecule has 0 amide bonds. The molecular formula is C14H13N3O2. The highest BCUT2D eigenvalue weighted by molar-refractivity contribution is 5.96. The third kappa shape index (κ3) is 1.79. The van der Waals surface area contributed by atoms with E-state index in [-0.39, 0.29) is 5.69 Å². The van der Waals surface area contributed by atoms with Crippen LogP contribution < -0.4 is 0 Å². The van der Waals surface area contributed by atoms with Crippen LogP contribution in [0.25, 0.3) is 22.2 Å². The van der Waals surface area contributed by atoms with E-state index in [4.69, 9.17) is 5.11 Å². The van der Waals surface area contributed by atoms with Gasteiger partial charge >= 0.3 is 5.97 Å². The van der Waals surface area contributed by atoms with E-state index in [0.29, 0.717) is 0 Å². The van der Waals surface area contributed by atoms with Crippen molar-refractivity contribution in [2.24, 2.45) is 7.05 Å². The largest absolute Gasteiger partial charge is 0.476 e. The minimum Gasteiger partial charge on any atom is -0.476 e. The van der Waals surface area contributed by atoms with Crippen molar-refractivity contribution < 1.29 is 9.90 Å². The Morgan fingerprint density at radius 1 is 1.37 bits per heavy atom. The minimum absolute atomic E-state index is 0.0546. The number of carboxylic acid groups (broad SMARTS) is 1. The Hall–Kier alpha value is -2.56. The molecular weight excluding hydrogens is 242 g/mol. The average molecular weight is 255 g/mol. The fraction of sp³-hybridized carbons (Fsp3) is 0.143. The average Bonchev–Trinajstić information content (AvgIpc) is 2.92. The van der Waals surface area contributed by atoms with E-state index < -0.39 is 5.97 Å². The molecule has 2 aromatic heterocycles. The van der Waals surface area contributed by atoms with Crippen molar-refractivity contribution in [3.8, 4) is 11.3 Å². The van der Waals surface area contributed by atoms with Gasteiger partial charge in [0.05, 0.1) is 5.69 Å². The van der Waals surface area contributed by atoms with Crippen molar-refractivity contribution in [3.05, 3.63) is 41.7 Å². The third-order valence-corrected chi connectivity index (χ3v) is 3.21. The van der Waals surface area contributed by atoms with Gasteiger partial charge in [0.1, 0.15) is 0 Å². The number of carbonyl (C=O) groups is 1. The fourth-order valence-electron chi connectivity index (χ4n) is 2.28. The van der Waals surface area contributed by atoms with Crippen molar-refractivity contribution in [1.29, 1.82) is 0 Å². The van der Waals surface area contributed by atoms with Crippen molar-refractivity contribution in [2.45, 2.75) is 6.92 Å². The summed E-state index contributed by atoms with van der Waals surface area (Å²) in [5.41, 5.74) is 4.01. The van der Waals surface area contributed by atoms with Gasteiger partial charge in [-0.25, -0.2) is 4.79 Å². The molecule has 3 aromatic rings. The first kappa shape index (κ1) is 11.5. The summed E-state index contributed by atoms with van der Waals surface area (Å²) in [6.45, 7) is 2.03. The molecule has 2 N–H and O–H groups in total. The lowest BCUT2D eigenvalue weighted by atomic mass is 10.1. The summed E-state index contributed by atoms with van der Waals surface area (Å²) in [5, 5.41) is 14.0. The molecule has 0 unspecified atom stereocenters. The maximum absolute atomic E-state index is 11.0. The van der Waals surface area contributed by atoms with Gasteiger partial charge in [0.15, 0.2) is 5.69 Å². The number of benzene rings is 1. The third-order valence-electron chi connectivity index (χ3n) is 3.21. The molecule has 1 aromatic carbocycles. The molecule has 19 heavy (non-hydrogen) atoms. The van der Waals surface area contributed by atoms with Crippen LogP contribution in [0.15, 0.2) is 30.5 Å². The molecule has 0 bridgehead atoms. The quantitative estimate of drug-likeness (QED) is 0.739. The van der Waals surface area contributed by atoms with Crippen molar-refractivity contribution >= 4 is 16.9 Å². The Morgan fingerprint density at radius 3 is 2.84 bits per heavy atom. The standard InChI is InChI=1S/C14H13N3O2/c1-8-3-4-9-10(7-15-11(9)5-8)13-6-12(14(18)19)16-17(13)2/h3-7,15H,1-2H3,(H,18,19). The predicted molar refractivity (Wildman–Crippen MR) is 72.2 cm³/mol. The van der Waals surface area contributed by atoms with Gasteiger partial charge in [0.25, 0.3) is 0 Å². The van der Waals surface area contributed by atoms with Gasteiger partial charge in [0.2, 0.25) is 0 Å². The van der Waals surface area contributed by atoms with Gasteiger partial charge in [-0.1, -0.05) is 12.1 Å². The van der Waals surface area contributed by atoms with Crippen molar-refractivity contribution in [2.75, 3.05) is 0 Å². The summed E-state index contributed by atoms with van der Waals surface area (Å²) in [6.07, 6.45) is 1.88. The van der Waals surface area contributed by atoms with Gasteiger partial charge in [-0.15, -0.1) is 0 Å². The molecule has 96 valence electrons. The lowest BCUT2D eigenvalue weighted by Crippen LogP contribution is -1.99. The number of nitrogens with one attached hydrogen (secondary N) is 1. The maximum Gasteiger partial charge on any atom is 0.356 e. The molecule has 5 heteroatoms. The highest BCUT2D eigenvalue weighted by atomic mass is 16.4. The number of hydrogen-bond acceptors (Lipinski definition) is 2. The lowest BCUT2D eigenvalue weighted by molar-refractivity contribution is 0.0689. The molecule has 0 fully saturated rings. The molecule has 0 spiro atoms. The number of fused-ring (bicyclic) bond motifs is 1. The minimum atomic E-state index is -1.02. The molecule has 5 nitrogen and oxygen atoms in total. The molecule has 2 heterocycles. The molecule has 0 saturated carbocycles. The van der Waals surface area contributed by atoms with Crippen LogP contribution in [-0.4, -0.2) is 25.8 Å². The molecule has 0 atom stereocenters. The zero-order chi connectivity index (χ0) is 13.6. The topological polar surface area (TPSA) is 70.9 Å². The molecule has 0 radical (unpaired) electrons. The van der Waals surface area contributed by atoms with Crippen LogP contribution in [0.1, 0.15) is 16.1 Å². The van der Waals surface area contributed by atoms with Crippen LogP contribution in [0.3, 0.4) is 0 Å². The smallest absolute Gasteiger partial charge is 0.356 e. The van der Waals surface area contributed by atoms with Crippen LogP contribution in [0.2, 0.25) is 0 Å². The first-order valence-electron chi connectivity index (χ1n) is 5.91. The van der Waals surface area contributed by atoms with Crippen molar-refractivity contribution in [3.63, 3.8) is 0 Å². The van der Waals surface area contributed by atoms with Gasteiger partial charge in [-0.2, -0.15) is 5.10 Å². The van der Waals surface area contributed by atoms with E-state index in [2.05, 4.69) is 16.1 Å². The summed E-state index contributed by atoms with van der Waals surface area (Å²) >= 11 is 0. The Bertz CT molecular complexity index is 783. The van der Waals surface area contributed by atoms with Crippen LogP contribution >= 0.6 is 0 Å². The predicted octanol–water partition coefficient (Wildman–Crippen LogP) is 2.58. The number of nitrogens with zero attached hydrogens (tertiary/aromatic N) is 2. The van der Waals surface area contributed by atoms with E-state index in [0.717, 1.165) is 22.2 Å². The van der Waals surface area contributed by atoms with Crippen LogP contribution in [0.5, 0.6) is 0 Å². The highest BCUT2D eigenvalue weighted by Gasteiger charge is 2.15. The SMILES string of the molecule is Cc1ccc2c(-c3cc(C(=O)O)nn3C)c[nH]c2c1. The van der Waals surface area contributed by atoms with Gasteiger partial charge in [-0.3, -0.25) is 4.68 Å². The first-order chi connectivity index (χ1) is 9.06. The summed E-state index contributed by atoms with van der Waals surface area (Å²) in [5.74, 6) is -1.02. The number of H-pyrrole nitrogens is 1. The number of rotatable bonds is 2. The zero-order valence-electron chi connectivity index (χ0n) is 10.6. The van der Waals surface area contributed by atoms with Gasteiger partial charge in [-0.05, 0) is 24.6 Å². The second kappa shape index (κ2) is 3.98. The Kier molecular flexibility index (Phi) is 2.41. The number of carboxylic acids is 1. The second-order valence-corrected chi connectivity index (χ2v) is 4.59. The Morgan fingerprint density at radius 2 is 2.16 bits per heavy atom. The summed E-state index contributed by atoms with van der Waals surface area (Å²) in [4.78, 5) is 14.2. The number of aromatic carboxylic acids is 1. The summed E-state index contributed by atoms with van der Waals surface area (Å²) in [7, 11) is 1.74. The van der Waals surface area contributed by atoms with E-state index in [1.807, 2.05) is 25.3 Å². The van der Waals surface area contributed by atoms with Crippen molar-refractivity contribution in [1.82, 2.24) is 14.8 Å². The highest BCUT2D eigenvalue weighted by Crippen LogP contribution is 2.29. The number of aromatic nitrogens is 3. The lowest BCUT2D eigenvalue weighted by Gasteiger charge is -2.00. The maximum atomic E-state index is 11.0. The molecule has 0 aliphatic heterocycles. The zero-order valence-corrected chi connectivity index (χ0v) is 10.6. The normalized spacial score (nSPS) is 11.1. The van der Waals surface area contributed by atoms with Crippen LogP contribution in [0.4, 0.5) is 0 Å². The fourth-order valence-corrected chi connectivity index (χ4v) is 2.28. The van der Waals surface area contributed by atoms with E-state index in [1.54, 1.807) is 17.8 Å². The van der Waals surface area contributed by atoms with Gasteiger partial charge < -0.3 is 10.1 Å². The Balaban J connectivity index is 2.22. The summed E-state index contributed by atoms with van der Waals surface area (Å²) in [6, 6.07) is 7.72. The second-order valence-electron chi connectivity index (χ2n) is 4.59. The monoisotopic (exact) mass is 255 g/mol. The molecule has 3 rings (SSSR count). The van der Waals surface area contributed by atoms with Gasteiger partial charge in [0, 0.05) is 29.7 Å².